The molecule has 1 amide bonds. The topological polar surface area (TPSA) is 75.7 Å². The highest BCUT2D eigenvalue weighted by molar-refractivity contribution is 7.92. The molecular formula is C22H30N2O4S. The zero-order chi connectivity index (χ0) is 21.4. The van der Waals surface area contributed by atoms with Crippen molar-refractivity contribution in [2.24, 2.45) is 0 Å². The summed E-state index contributed by atoms with van der Waals surface area (Å²) in [4.78, 5) is 12.6. The third-order valence-corrected chi connectivity index (χ3v) is 5.76. The van der Waals surface area contributed by atoms with Gasteiger partial charge >= 0.3 is 0 Å². The number of sulfonamides is 1. The predicted octanol–water partition coefficient (Wildman–Crippen LogP) is 3.30. The minimum atomic E-state index is -3.60. The first-order chi connectivity index (χ1) is 13.7. The molecule has 2 rings (SSSR count). The largest absolute Gasteiger partial charge is 0.494 e. The molecule has 0 radical (unpaired) electrons. The van der Waals surface area contributed by atoms with Gasteiger partial charge in [-0.2, -0.15) is 0 Å². The molecule has 0 fully saturated rings. The highest BCUT2D eigenvalue weighted by Crippen LogP contribution is 2.22. The summed E-state index contributed by atoms with van der Waals surface area (Å²) in [6.45, 7) is 6.54. The van der Waals surface area contributed by atoms with Crippen LogP contribution in [0.4, 0.5) is 5.69 Å². The second kappa shape index (κ2) is 10.3. The fraction of sp³-hybridized carbons (Fsp3) is 0.409. The van der Waals surface area contributed by atoms with E-state index < -0.39 is 16.1 Å². The van der Waals surface area contributed by atoms with Crippen LogP contribution in [-0.4, -0.2) is 39.8 Å². The van der Waals surface area contributed by atoms with Crippen LogP contribution in [0.15, 0.2) is 48.5 Å². The lowest BCUT2D eigenvalue weighted by Gasteiger charge is -2.28. The van der Waals surface area contributed by atoms with E-state index in [1.807, 2.05) is 44.2 Å². The second-order valence-corrected chi connectivity index (χ2v) is 8.90. The van der Waals surface area contributed by atoms with Crippen LogP contribution in [0, 0.1) is 6.92 Å². The monoisotopic (exact) mass is 418 g/mol. The molecule has 0 bridgehead atoms. The molecule has 2 aromatic rings. The molecule has 0 saturated heterocycles. The average Bonchev–Trinajstić information content (AvgIpc) is 2.65. The SMILES string of the molecule is CCOc1ccc(CCCNC(=O)[C@H](C)N(c2cccc(C)c2)S(C)(=O)=O)cc1. The Kier molecular flexibility index (Phi) is 8.08. The normalized spacial score (nSPS) is 12.3. The van der Waals surface area contributed by atoms with Crippen molar-refractivity contribution in [2.45, 2.75) is 39.7 Å². The third-order valence-electron chi connectivity index (χ3n) is 4.52. The molecule has 0 aliphatic carbocycles. The maximum atomic E-state index is 12.6. The minimum Gasteiger partial charge on any atom is -0.494 e. The van der Waals surface area contributed by atoms with Gasteiger partial charge in [0.1, 0.15) is 11.8 Å². The number of carbonyl (C=O) groups is 1. The third kappa shape index (κ3) is 6.78. The van der Waals surface area contributed by atoms with Crippen LogP contribution in [0.2, 0.25) is 0 Å². The van der Waals surface area contributed by atoms with Crippen molar-refractivity contribution >= 4 is 21.6 Å². The van der Waals surface area contributed by atoms with Crippen LogP contribution in [0.5, 0.6) is 5.75 Å². The maximum absolute atomic E-state index is 12.6. The standard InChI is InChI=1S/C22H30N2O4S/c1-5-28-21-13-11-19(12-14-21)9-7-15-23-22(25)18(3)24(29(4,26)27)20-10-6-8-17(2)16-20/h6,8,10-14,16,18H,5,7,9,15H2,1-4H3,(H,23,25)/t18-/m0/s1. The molecule has 6 nitrogen and oxygen atoms in total. The van der Waals surface area contributed by atoms with Gasteiger partial charge in [0.15, 0.2) is 0 Å². The Morgan fingerprint density at radius 3 is 2.45 bits per heavy atom. The fourth-order valence-electron chi connectivity index (χ4n) is 3.14. The lowest BCUT2D eigenvalue weighted by Crippen LogP contribution is -2.48. The van der Waals surface area contributed by atoms with Crippen LogP contribution in [0.1, 0.15) is 31.4 Å². The predicted molar refractivity (Wildman–Crippen MR) is 117 cm³/mol. The molecule has 7 heteroatoms. The molecule has 0 unspecified atom stereocenters. The minimum absolute atomic E-state index is 0.316. The smallest absolute Gasteiger partial charge is 0.243 e. The molecular weight excluding hydrogens is 388 g/mol. The van der Waals surface area contributed by atoms with E-state index in [4.69, 9.17) is 4.74 Å². The molecule has 2 aromatic carbocycles. The van der Waals surface area contributed by atoms with Gasteiger partial charge in [-0.25, -0.2) is 8.42 Å². The molecule has 0 aliphatic rings. The Hall–Kier alpha value is -2.54. The summed E-state index contributed by atoms with van der Waals surface area (Å²) in [7, 11) is -3.60. The maximum Gasteiger partial charge on any atom is 0.243 e. The summed E-state index contributed by atoms with van der Waals surface area (Å²) in [5.41, 5.74) is 2.58. The van der Waals surface area contributed by atoms with Crippen molar-refractivity contribution in [3.8, 4) is 5.75 Å². The fourth-order valence-corrected chi connectivity index (χ4v) is 4.31. The van der Waals surface area contributed by atoms with Gasteiger partial charge in [-0.15, -0.1) is 0 Å². The first kappa shape index (κ1) is 22.7. The van der Waals surface area contributed by atoms with E-state index in [1.165, 1.54) is 4.31 Å². The summed E-state index contributed by atoms with van der Waals surface area (Å²) >= 11 is 0. The van der Waals surface area contributed by atoms with Crippen molar-refractivity contribution in [2.75, 3.05) is 23.7 Å². The molecule has 1 atom stereocenters. The Balaban J connectivity index is 1.92. The molecule has 0 aliphatic heterocycles. The number of hydrogen-bond acceptors (Lipinski definition) is 4. The molecule has 1 N–H and O–H groups in total. The Labute approximate surface area is 173 Å². The molecule has 0 spiro atoms. The van der Waals surface area contributed by atoms with Crippen LogP contribution in [-0.2, 0) is 21.2 Å². The number of nitrogens with one attached hydrogen (secondary N) is 1. The van der Waals surface area contributed by atoms with E-state index in [1.54, 1.807) is 25.1 Å². The summed E-state index contributed by atoms with van der Waals surface area (Å²) in [6, 6.07) is 14.2. The molecule has 0 saturated carbocycles. The van der Waals surface area contributed by atoms with Crippen molar-refractivity contribution in [1.29, 1.82) is 0 Å². The van der Waals surface area contributed by atoms with E-state index in [0.717, 1.165) is 36.0 Å². The van der Waals surface area contributed by atoms with Crippen molar-refractivity contribution < 1.29 is 17.9 Å². The zero-order valence-electron chi connectivity index (χ0n) is 17.5. The number of rotatable bonds is 10. The van der Waals surface area contributed by atoms with E-state index in [9.17, 15) is 13.2 Å². The van der Waals surface area contributed by atoms with Crippen molar-refractivity contribution in [3.05, 3.63) is 59.7 Å². The van der Waals surface area contributed by atoms with Crippen LogP contribution in [0.25, 0.3) is 0 Å². The first-order valence-electron chi connectivity index (χ1n) is 9.78. The number of amides is 1. The lowest BCUT2D eigenvalue weighted by molar-refractivity contribution is -0.121. The van der Waals surface area contributed by atoms with E-state index in [-0.39, 0.29) is 5.91 Å². The summed E-state index contributed by atoms with van der Waals surface area (Å²) in [5, 5.41) is 2.85. The number of carbonyl (C=O) groups excluding carboxylic acids is 1. The lowest BCUT2D eigenvalue weighted by atomic mass is 10.1. The number of nitrogens with zero attached hydrogens (tertiary/aromatic N) is 1. The van der Waals surface area contributed by atoms with Gasteiger partial charge in [-0.3, -0.25) is 9.10 Å². The van der Waals surface area contributed by atoms with Crippen LogP contribution < -0.4 is 14.4 Å². The van der Waals surface area contributed by atoms with Gasteiger partial charge < -0.3 is 10.1 Å². The molecule has 29 heavy (non-hydrogen) atoms. The number of anilines is 1. The highest BCUT2D eigenvalue weighted by atomic mass is 32.2. The Morgan fingerprint density at radius 1 is 1.17 bits per heavy atom. The zero-order valence-corrected chi connectivity index (χ0v) is 18.3. The van der Waals surface area contributed by atoms with Gasteiger partial charge in [0.25, 0.3) is 0 Å². The van der Waals surface area contributed by atoms with Crippen LogP contribution in [0.3, 0.4) is 0 Å². The van der Waals surface area contributed by atoms with Gasteiger partial charge in [-0.05, 0) is 69.0 Å². The Bertz CT molecular complexity index is 911. The molecule has 158 valence electrons. The second-order valence-electron chi connectivity index (χ2n) is 7.05. The van der Waals surface area contributed by atoms with Gasteiger partial charge in [0, 0.05) is 6.54 Å². The number of hydrogen-bond donors (Lipinski definition) is 1. The van der Waals surface area contributed by atoms with Crippen LogP contribution >= 0.6 is 0 Å². The average molecular weight is 419 g/mol. The summed E-state index contributed by atoms with van der Waals surface area (Å²) in [5.74, 6) is 0.527. The van der Waals surface area contributed by atoms with Gasteiger partial charge in [0.2, 0.25) is 15.9 Å². The Morgan fingerprint density at radius 2 is 1.86 bits per heavy atom. The van der Waals surface area contributed by atoms with Gasteiger partial charge in [0.05, 0.1) is 18.6 Å². The summed E-state index contributed by atoms with van der Waals surface area (Å²) in [6.07, 6.45) is 2.69. The quantitative estimate of drug-likeness (QED) is 0.601. The van der Waals surface area contributed by atoms with Gasteiger partial charge in [-0.1, -0.05) is 24.3 Å². The van der Waals surface area contributed by atoms with Crippen molar-refractivity contribution in [3.63, 3.8) is 0 Å². The van der Waals surface area contributed by atoms with E-state index >= 15 is 0 Å². The first-order valence-corrected chi connectivity index (χ1v) is 11.6. The van der Waals surface area contributed by atoms with Crippen molar-refractivity contribution in [1.82, 2.24) is 5.32 Å². The van der Waals surface area contributed by atoms with E-state index in [0.29, 0.717) is 18.8 Å². The molecule has 0 aromatic heterocycles. The number of benzene rings is 2. The number of ether oxygens (including phenoxy) is 1. The highest BCUT2D eigenvalue weighted by Gasteiger charge is 2.28. The number of aryl methyl sites for hydroxylation is 2. The van der Waals surface area contributed by atoms with E-state index in [2.05, 4.69) is 5.32 Å². The summed E-state index contributed by atoms with van der Waals surface area (Å²) < 4.78 is 31.2. The molecule has 0 heterocycles.